The molecule has 2 aromatic carbocycles. The molecule has 0 unspecified atom stereocenters. The topological polar surface area (TPSA) is 67.4 Å². The molecule has 8 heteroatoms. The van der Waals surface area contributed by atoms with Crippen LogP contribution in [0.2, 0.25) is 0 Å². The van der Waals surface area contributed by atoms with Gasteiger partial charge in [0, 0.05) is 23.9 Å². The predicted octanol–water partition coefficient (Wildman–Crippen LogP) is 3.47. The number of rotatable bonds is 6. The molecule has 2 rings (SSSR count). The number of hydrogen-bond acceptors (Lipinski definition) is 3. The van der Waals surface area contributed by atoms with Crippen molar-refractivity contribution in [3.63, 3.8) is 0 Å². The summed E-state index contributed by atoms with van der Waals surface area (Å²) < 4.78 is 43.0. The maximum absolute atomic E-state index is 12.5. The third-order valence-electron chi connectivity index (χ3n) is 3.31. The lowest BCUT2D eigenvalue weighted by Crippen LogP contribution is -2.28. The highest BCUT2D eigenvalue weighted by molar-refractivity contribution is 6.04. The van der Waals surface area contributed by atoms with Gasteiger partial charge in [0.25, 0.3) is 11.8 Å². The van der Waals surface area contributed by atoms with Crippen LogP contribution in [0.15, 0.2) is 48.5 Å². The summed E-state index contributed by atoms with van der Waals surface area (Å²) in [5.74, 6) is -0.451. The highest BCUT2D eigenvalue weighted by atomic mass is 19.4. The molecule has 0 spiro atoms. The molecule has 5 nitrogen and oxygen atoms in total. The number of amides is 2. The van der Waals surface area contributed by atoms with Gasteiger partial charge in [0.2, 0.25) is 0 Å². The monoisotopic (exact) mass is 366 g/mol. The SMILES string of the molecule is CCNC(=O)COc1cccc(NC(=O)c2ccc(C(F)(F)F)cc2)c1. The Bertz CT molecular complexity index is 774. The summed E-state index contributed by atoms with van der Waals surface area (Å²) in [7, 11) is 0. The number of nitrogens with one attached hydrogen (secondary N) is 2. The largest absolute Gasteiger partial charge is 0.484 e. The van der Waals surface area contributed by atoms with E-state index in [4.69, 9.17) is 4.74 Å². The van der Waals surface area contributed by atoms with Crippen LogP contribution in [-0.2, 0) is 11.0 Å². The van der Waals surface area contributed by atoms with Crippen molar-refractivity contribution in [1.82, 2.24) is 5.32 Å². The first-order valence-corrected chi connectivity index (χ1v) is 7.77. The van der Waals surface area contributed by atoms with Gasteiger partial charge in [-0.1, -0.05) is 6.07 Å². The van der Waals surface area contributed by atoms with Crippen molar-refractivity contribution in [2.75, 3.05) is 18.5 Å². The summed E-state index contributed by atoms with van der Waals surface area (Å²) in [5, 5.41) is 5.15. The third-order valence-corrected chi connectivity index (χ3v) is 3.31. The maximum atomic E-state index is 12.5. The molecule has 0 aliphatic heterocycles. The second-order valence-corrected chi connectivity index (χ2v) is 5.30. The average molecular weight is 366 g/mol. The van der Waals surface area contributed by atoms with Gasteiger partial charge in [-0.25, -0.2) is 0 Å². The Morgan fingerprint density at radius 2 is 1.77 bits per heavy atom. The summed E-state index contributed by atoms with van der Waals surface area (Å²) in [6, 6.07) is 10.3. The molecule has 2 N–H and O–H groups in total. The highest BCUT2D eigenvalue weighted by Crippen LogP contribution is 2.29. The number of ether oxygens (including phenoxy) is 1. The molecule has 0 aliphatic rings. The van der Waals surface area contributed by atoms with Crippen molar-refractivity contribution >= 4 is 17.5 Å². The van der Waals surface area contributed by atoms with Crippen molar-refractivity contribution in [2.24, 2.45) is 0 Å². The molecule has 0 saturated carbocycles. The van der Waals surface area contributed by atoms with Crippen LogP contribution >= 0.6 is 0 Å². The molecule has 0 heterocycles. The molecular weight excluding hydrogens is 349 g/mol. The smallest absolute Gasteiger partial charge is 0.416 e. The summed E-state index contributed by atoms with van der Waals surface area (Å²) >= 11 is 0. The molecule has 26 heavy (non-hydrogen) atoms. The maximum Gasteiger partial charge on any atom is 0.416 e. The lowest BCUT2D eigenvalue weighted by molar-refractivity contribution is -0.137. The molecule has 138 valence electrons. The van der Waals surface area contributed by atoms with E-state index in [-0.39, 0.29) is 18.1 Å². The number of hydrogen-bond donors (Lipinski definition) is 2. The van der Waals surface area contributed by atoms with E-state index in [1.807, 2.05) is 0 Å². The van der Waals surface area contributed by atoms with E-state index in [9.17, 15) is 22.8 Å². The molecule has 0 fully saturated rings. The van der Waals surface area contributed by atoms with Crippen molar-refractivity contribution in [3.05, 3.63) is 59.7 Å². The summed E-state index contributed by atoms with van der Waals surface area (Å²) in [5.41, 5.74) is -0.343. The Hall–Kier alpha value is -3.03. The first-order valence-electron chi connectivity index (χ1n) is 7.77. The van der Waals surface area contributed by atoms with Gasteiger partial charge in [-0.2, -0.15) is 13.2 Å². The quantitative estimate of drug-likeness (QED) is 0.823. The van der Waals surface area contributed by atoms with E-state index < -0.39 is 17.6 Å². The van der Waals surface area contributed by atoms with Gasteiger partial charge >= 0.3 is 6.18 Å². The van der Waals surface area contributed by atoms with Gasteiger partial charge < -0.3 is 15.4 Å². The van der Waals surface area contributed by atoms with Gasteiger partial charge in [-0.15, -0.1) is 0 Å². The normalized spacial score (nSPS) is 10.9. The Morgan fingerprint density at radius 3 is 2.38 bits per heavy atom. The molecule has 0 saturated heterocycles. The van der Waals surface area contributed by atoms with Crippen LogP contribution in [-0.4, -0.2) is 25.0 Å². The first kappa shape index (κ1) is 19.3. The zero-order valence-electron chi connectivity index (χ0n) is 13.9. The predicted molar refractivity (Wildman–Crippen MR) is 90.0 cm³/mol. The second-order valence-electron chi connectivity index (χ2n) is 5.30. The number of halogens is 3. The fourth-order valence-corrected chi connectivity index (χ4v) is 2.07. The number of alkyl halides is 3. The fraction of sp³-hybridized carbons (Fsp3) is 0.222. The van der Waals surface area contributed by atoms with E-state index in [1.165, 1.54) is 6.07 Å². The Kier molecular flexibility index (Phi) is 6.21. The van der Waals surface area contributed by atoms with Crippen LogP contribution < -0.4 is 15.4 Å². The van der Waals surface area contributed by atoms with Crippen LogP contribution in [0.4, 0.5) is 18.9 Å². The van der Waals surface area contributed by atoms with Crippen LogP contribution in [0.5, 0.6) is 5.75 Å². The average Bonchev–Trinajstić information content (AvgIpc) is 2.60. The van der Waals surface area contributed by atoms with E-state index in [0.29, 0.717) is 18.0 Å². The minimum atomic E-state index is -4.45. The fourth-order valence-electron chi connectivity index (χ4n) is 2.07. The van der Waals surface area contributed by atoms with Crippen LogP contribution in [0.1, 0.15) is 22.8 Å². The van der Waals surface area contributed by atoms with E-state index >= 15 is 0 Å². The van der Waals surface area contributed by atoms with Gasteiger partial charge in [0.1, 0.15) is 5.75 Å². The third kappa shape index (κ3) is 5.51. The lowest BCUT2D eigenvalue weighted by Gasteiger charge is -2.10. The van der Waals surface area contributed by atoms with Crippen molar-refractivity contribution in [1.29, 1.82) is 0 Å². The van der Waals surface area contributed by atoms with Crippen LogP contribution in [0.3, 0.4) is 0 Å². The van der Waals surface area contributed by atoms with Crippen molar-refractivity contribution in [2.45, 2.75) is 13.1 Å². The number of anilines is 1. The number of carbonyl (C=O) groups excluding carboxylic acids is 2. The molecular formula is C18H17F3N2O3. The summed E-state index contributed by atoms with van der Waals surface area (Å²) in [6.45, 7) is 2.12. The molecule has 0 radical (unpaired) electrons. The van der Waals surface area contributed by atoms with E-state index in [2.05, 4.69) is 10.6 Å². The van der Waals surface area contributed by atoms with Gasteiger partial charge in [0.05, 0.1) is 5.56 Å². The highest BCUT2D eigenvalue weighted by Gasteiger charge is 2.30. The standard InChI is InChI=1S/C18H17F3N2O3/c1-2-22-16(24)11-26-15-5-3-4-14(10-15)23-17(25)12-6-8-13(9-7-12)18(19,20)21/h3-10H,2,11H2,1H3,(H,22,24)(H,23,25). The molecule has 2 amide bonds. The van der Waals surface area contributed by atoms with Gasteiger partial charge in [-0.3, -0.25) is 9.59 Å². The number of carbonyl (C=O) groups is 2. The summed E-state index contributed by atoms with van der Waals surface area (Å²) in [4.78, 5) is 23.5. The van der Waals surface area contributed by atoms with Gasteiger partial charge in [0.15, 0.2) is 6.61 Å². The molecule has 0 atom stereocenters. The Morgan fingerprint density at radius 1 is 1.08 bits per heavy atom. The van der Waals surface area contributed by atoms with Crippen LogP contribution in [0, 0.1) is 0 Å². The molecule has 0 bridgehead atoms. The van der Waals surface area contributed by atoms with Gasteiger partial charge in [-0.05, 0) is 43.3 Å². The minimum Gasteiger partial charge on any atom is -0.484 e. The zero-order valence-corrected chi connectivity index (χ0v) is 13.9. The molecule has 0 aromatic heterocycles. The first-order chi connectivity index (χ1) is 12.3. The van der Waals surface area contributed by atoms with E-state index in [1.54, 1.807) is 25.1 Å². The number of benzene rings is 2. The van der Waals surface area contributed by atoms with E-state index in [0.717, 1.165) is 24.3 Å². The van der Waals surface area contributed by atoms with Crippen molar-refractivity contribution in [3.8, 4) is 5.75 Å². The molecule has 2 aromatic rings. The second kappa shape index (κ2) is 8.37. The Labute approximate surface area is 148 Å². The minimum absolute atomic E-state index is 0.0895. The molecule has 0 aliphatic carbocycles. The summed E-state index contributed by atoms with van der Waals surface area (Å²) in [6.07, 6.45) is -4.45. The lowest BCUT2D eigenvalue weighted by atomic mass is 10.1. The number of likely N-dealkylation sites (N-methyl/N-ethyl adjacent to an activating group) is 1. The Balaban J connectivity index is 2.00. The zero-order chi connectivity index (χ0) is 19.2. The van der Waals surface area contributed by atoms with Crippen LogP contribution in [0.25, 0.3) is 0 Å². The van der Waals surface area contributed by atoms with Crippen molar-refractivity contribution < 1.29 is 27.5 Å².